The molecule has 0 saturated carbocycles. The molecule has 0 aromatic heterocycles. The summed E-state index contributed by atoms with van der Waals surface area (Å²) >= 11 is 0. The minimum Gasteiger partial charge on any atom is -0.548 e. The Kier molecular flexibility index (Phi) is 34.2. The molecular weight excluding hydrogens is 1440 g/mol. The number of hydrogen-bond donors (Lipinski definition) is 17. The average molecular weight is 1550 g/mol. The van der Waals surface area contributed by atoms with Crippen molar-refractivity contribution in [2.75, 3.05) is 45.3 Å². The number of rotatable bonds is 38. The Morgan fingerprint density at radius 3 is 1.62 bits per heavy atom. The summed E-state index contributed by atoms with van der Waals surface area (Å²) in [5.74, 6) is -11.9. The van der Waals surface area contributed by atoms with Crippen molar-refractivity contribution >= 4 is 91.5 Å². The van der Waals surface area contributed by atoms with E-state index in [0.29, 0.717) is 11.8 Å². The summed E-state index contributed by atoms with van der Waals surface area (Å²) in [5, 5.41) is 99.1. The van der Waals surface area contributed by atoms with Gasteiger partial charge in [0.25, 0.3) is 5.91 Å². The lowest BCUT2D eigenvalue weighted by atomic mass is 9.95. The number of aliphatic hydroxyl groups excluding tert-OH is 6. The standard InChI is InChI=1S/C70H113N13O24S/c1-31(2)49(64(96)75-36(10)60(92)77-42(68(100)101)23-16-17-27-72-108(102,103)47-26-19-21-40-41(47)22-18-24-43(40)82(14)15)79-66(98)51(33(5)6)80-65(97)50(32(3)4)78-61(93)37(11)73-59(91)35(9)74-62(94)44-25-20-28-83(44)67(99)52(34(7)8)81-63(95)48(71)38(12)104-69-53(76-39(13)86)58(55(88)46(30-85)105-69)107-70-57(90)56(89)54(87)45(29-84)106-70/h18-19,21-22,24,26,31-38,42,44-46,48-58,69-70,72,84-85,87-90H,16-17,20,23,25,27-30,71H2,1-15H3,(H,73,91)(H,74,94)(H,75,96)(H,76,86)(H,77,92)(H,78,93)(H,79,98)(H,80,97)(H,81,95)(H,100,101)/t35-,36-,37-,38+,42-,44-,45+,46+,48-,49-,50-,51-,52-,53+,54-,55-,56-,57+,58+,69-,70-/m0/s1. The highest BCUT2D eigenvalue weighted by Gasteiger charge is 2.53. The number of quaternary nitrogens is 1. The zero-order chi connectivity index (χ0) is 81.3. The predicted octanol–water partition coefficient (Wildman–Crippen LogP) is -6.56. The van der Waals surface area contributed by atoms with Gasteiger partial charge in [-0.3, -0.25) is 47.9 Å². The highest BCUT2D eigenvalue weighted by atomic mass is 32.2. The zero-order valence-electron chi connectivity index (χ0n) is 63.8. The number of carboxylic acid groups (broad SMARTS) is 1. The lowest BCUT2D eigenvalue weighted by molar-refractivity contribution is -0.431. The molecule has 0 spiro atoms. The Labute approximate surface area is 628 Å². The van der Waals surface area contributed by atoms with Crippen LogP contribution in [0.3, 0.4) is 0 Å². The monoisotopic (exact) mass is 1550 g/mol. The maximum Gasteiger partial charge on any atom is 0.281 e. The molecule has 10 amide bonds. The van der Waals surface area contributed by atoms with Gasteiger partial charge in [-0.05, 0) is 95.6 Å². The fourth-order valence-electron chi connectivity index (χ4n) is 12.6. The first-order chi connectivity index (χ1) is 50.5. The van der Waals surface area contributed by atoms with Gasteiger partial charge >= 0.3 is 0 Å². The third-order valence-corrected chi connectivity index (χ3v) is 20.6. The van der Waals surface area contributed by atoms with E-state index in [1.807, 2.05) is 31.1 Å². The van der Waals surface area contributed by atoms with E-state index in [1.165, 1.54) is 38.7 Å². The second kappa shape index (κ2) is 40.7. The van der Waals surface area contributed by atoms with E-state index in [1.54, 1.807) is 73.6 Å². The molecule has 0 radical (unpaired) electrons. The summed E-state index contributed by atoms with van der Waals surface area (Å²) in [6, 6.07) is -4.31. The van der Waals surface area contributed by atoms with Gasteiger partial charge in [0, 0.05) is 50.6 Å². The van der Waals surface area contributed by atoms with Crippen LogP contribution >= 0.6 is 0 Å². The first-order valence-corrected chi connectivity index (χ1v) is 37.8. The molecule has 3 fully saturated rings. The number of ether oxygens (including phenoxy) is 4. The second-order valence-corrected chi connectivity index (χ2v) is 31.0. The number of carboxylic acids is 1. The minimum atomic E-state index is -3.99. The number of sulfonamides is 1. The number of unbranched alkanes of at least 4 members (excludes halogenated alkanes) is 1. The SMILES string of the molecule is CC(=O)N[C@H]1[C@@H](O[C@H](C)[C@H]([NH3+])C(=O)N[C@H](C(=O)N2CCC[C@H]2C(=O)N[C@@H](C)C(=O)N[C@@H](C)C(=O)N[C@H](C(=O)N[C@H](C(=O)N[C@H](C(=O)N[C@@H](C)C(=O)N[C@@H](CCCCNS(=O)(=O)c2cccc3c(N(C)C)cccc23)C(=O)[O-])C(C)C)C(C)C)C(C)C)C(C)C)O[C@H](CO)[C@H](O)[C@@H]1O[C@@H]1O[C@H](CO)[C@H](O)[C@H](O)[C@H]1O. The molecule has 0 aliphatic carbocycles. The van der Waals surface area contributed by atoms with Crippen molar-refractivity contribution in [2.24, 2.45) is 23.7 Å². The van der Waals surface area contributed by atoms with Crippen LogP contribution in [-0.2, 0) is 81.7 Å². The molecule has 5 rings (SSSR count). The van der Waals surface area contributed by atoms with E-state index in [2.05, 4.69) is 58.3 Å². The smallest absolute Gasteiger partial charge is 0.281 e. The fraction of sp³-hybridized carbons (Fsp3) is 0.700. The fourth-order valence-corrected chi connectivity index (χ4v) is 13.8. The third-order valence-electron chi connectivity index (χ3n) is 19.1. The zero-order valence-corrected chi connectivity index (χ0v) is 64.6. The van der Waals surface area contributed by atoms with Crippen LogP contribution in [0.25, 0.3) is 10.8 Å². The number of anilines is 1. The molecule has 3 heterocycles. The molecule has 2 aromatic carbocycles. The number of benzene rings is 2. The van der Waals surface area contributed by atoms with E-state index in [9.17, 15) is 96.9 Å². The average Bonchev–Trinajstić information content (AvgIpc) is 0.869. The van der Waals surface area contributed by atoms with Crippen molar-refractivity contribution in [2.45, 2.75) is 255 Å². The number of likely N-dealkylation sites (tertiary alicyclic amines) is 1. The lowest BCUT2D eigenvalue weighted by Crippen LogP contribution is -2.75. The van der Waals surface area contributed by atoms with Gasteiger partial charge in [-0.25, -0.2) is 13.1 Å². The molecule has 0 unspecified atom stereocenters. The maximum atomic E-state index is 14.4. The largest absolute Gasteiger partial charge is 0.548 e. The molecular formula is C70H113N13O24S. The first kappa shape index (κ1) is 90.8. The van der Waals surface area contributed by atoms with Crippen LogP contribution in [-0.4, -0.2) is 277 Å². The van der Waals surface area contributed by atoms with Crippen LogP contribution < -0.4 is 68.3 Å². The Hall–Kier alpha value is -7.86. The van der Waals surface area contributed by atoms with Crippen LogP contribution in [0.2, 0.25) is 0 Å². The van der Waals surface area contributed by atoms with Gasteiger partial charge in [-0.2, -0.15) is 0 Å². The van der Waals surface area contributed by atoms with Gasteiger partial charge in [-0.1, -0.05) is 79.7 Å². The van der Waals surface area contributed by atoms with Gasteiger partial charge in [0.05, 0.1) is 30.1 Å². The number of carbonyl (C=O) groups excluding carboxylic acids is 11. The minimum absolute atomic E-state index is 0.0474. The van der Waals surface area contributed by atoms with Crippen molar-refractivity contribution < 1.29 is 122 Å². The Bertz CT molecular complexity index is 3570. The molecule has 38 heteroatoms. The highest BCUT2D eigenvalue weighted by Crippen LogP contribution is 2.33. The summed E-state index contributed by atoms with van der Waals surface area (Å²) in [4.78, 5) is 153. The number of carbonyl (C=O) groups is 11. The van der Waals surface area contributed by atoms with Crippen LogP contribution in [0, 0.1) is 23.7 Å². The summed E-state index contributed by atoms with van der Waals surface area (Å²) in [5.41, 5.74) is 4.76. The van der Waals surface area contributed by atoms with E-state index in [0.717, 1.165) is 18.0 Å². The van der Waals surface area contributed by atoms with Crippen LogP contribution in [0.5, 0.6) is 0 Å². The number of nitrogens with zero attached hydrogens (tertiary/aromatic N) is 2. The van der Waals surface area contributed by atoms with E-state index in [-0.39, 0.29) is 43.7 Å². The molecule has 608 valence electrons. The molecule has 2 aromatic rings. The first-order valence-electron chi connectivity index (χ1n) is 36.3. The summed E-state index contributed by atoms with van der Waals surface area (Å²) in [6.45, 7) is 17.8. The van der Waals surface area contributed by atoms with Crippen LogP contribution in [0.4, 0.5) is 5.69 Å². The van der Waals surface area contributed by atoms with E-state index >= 15 is 0 Å². The molecule has 37 nitrogen and oxygen atoms in total. The molecule has 108 heavy (non-hydrogen) atoms. The summed E-state index contributed by atoms with van der Waals surface area (Å²) in [6.07, 6.45) is -15.8. The van der Waals surface area contributed by atoms with Crippen molar-refractivity contribution in [1.29, 1.82) is 0 Å². The maximum absolute atomic E-state index is 14.4. The number of nitrogens with one attached hydrogen (secondary N) is 10. The van der Waals surface area contributed by atoms with Crippen molar-refractivity contribution in [3.05, 3.63) is 36.4 Å². The normalized spacial score (nSPS) is 24.5. The predicted molar refractivity (Wildman–Crippen MR) is 384 cm³/mol. The van der Waals surface area contributed by atoms with Crippen molar-refractivity contribution in [1.82, 2.24) is 57.5 Å². The number of hydrogen-bond acceptors (Lipinski definition) is 25. The molecule has 19 N–H and O–H groups in total. The highest BCUT2D eigenvalue weighted by molar-refractivity contribution is 7.89. The van der Waals surface area contributed by atoms with E-state index in [4.69, 9.17) is 18.9 Å². The molecule has 3 saturated heterocycles. The Morgan fingerprint density at radius 1 is 0.602 bits per heavy atom. The number of fused-ring (bicyclic) bond motifs is 1. The molecule has 3 aliphatic heterocycles. The molecule has 21 atom stereocenters. The summed E-state index contributed by atoms with van der Waals surface area (Å²) in [7, 11) is -0.296. The summed E-state index contributed by atoms with van der Waals surface area (Å²) < 4.78 is 52.6. The Balaban J connectivity index is 1.12. The molecule has 0 bridgehead atoms. The Morgan fingerprint density at radius 2 is 1.08 bits per heavy atom. The lowest BCUT2D eigenvalue weighted by Gasteiger charge is -2.47. The quantitative estimate of drug-likeness (QED) is 0.0278. The topological polar surface area (TPSA) is 558 Å². The van der Waals surface area contributed by atoms with Gasteiger partial charge < -0.3 is 123 Å². The van der Waals surface area contributed by atoms with Gasteiger partial charge in [0.15, 0.2) is 18.6 Å². The number of amides is 10. The van der Waals surface area contributed by atoms with Crippen molar-refractivity contribution in [3.63, 3.8) is 0 Å². The van der Waals surface area contributed by atoms with Gasteiger partial charge in [0.2, 0.25) is 63.2 Å². The van der Waals surface area contributed by atoms with Gasteiger partial charge in [-0.15, -0.1) is 0 Å². The van der Waals surface area contributed by atoms with Crippen LogP contribution in [0.15, 0.2) is 41.3 Å². The number of aliphatic hydroxyl groups is 6. The van der Waals surface area contributed by atoms with Crippen LogP contribution in [0.1, 0.15) is 122 Å². The van der Waals surface area contributed by atoms with Crippen molar-refractivity contribution in [3.8, 4) is 0 Å². The third kappa shape index (κ3) is 23.8. The number of aliphatic carboxylic acids is 1. The second-order valence-electron chi connectivity index (χ2n) is 29.3. The van der Waals surface area contributed by atoms with E-state index < -0.39 is 240 Å². The molecule has 3 aliphatic rings. The van der Waals surface area contributed by atoms with Gasteiger partial charge in [0.1, 0.15) is 103 Å².